The lowest BCUT2D eigenvalue weighted by molar-refractivity contribution is -0.125. The number of hydrogen-bond donors (Lipinski definition) is 3. The van der Waals surface area contributed by atoms with Gasteiger partial charge in [0.1, 0.15) is 16.2 Å². The summed E-state index contributed by atoms with van der Waals surface area (Å²) in [6.45, 7) is 0.490. The van der Waals surface area contributed by atoms with Gasteiger partial charge in [0.2, 0.25) is 5.91 Å². The number of nitrogens with two attached hydrogens (primary N) is 1. The predicted molar refractivity (Wildman–Crippen MR) is 121 cm³/mol. The molecule has 12 heteroatoms. The number of nitrogens with zero attached hydrogens (tertiary/aromatic N) is 4. The molecule has 0 atom stereocenters. The first-order valence-corrected chi connectivity index (χ1v) is 11.1. The molecule has 3 aromatic rings. The van der Waals surface area contributed by atoms with Crippen molar-refractivity contribution in [2.45, 2.75) is 18.4 Å². The molecule has 0 bridgehead atoms. The van der Waals surface area contributed by atoms with E-state index < -0.39 is 29.0 Å². The van der Waals surface area contributed by atoms with Gasteiger partial charge in [-0.25, -0.2) is 13.8 Å². The molecule has 174 valence electrons. The zero-order valence-corrected chi connectivity index (χ0v) is 18.9. The van der Waals surface area contributed by atoms with E-state index in [1.165, 1.54) is 17.4 Å². The van der Waals surface area contributed by atoms with Crippen molar-refractivity contribution >= 4 is 34.5 Å². The first-order chi connectivity index (χ1) is 15.7. The summed E-state index contributed by atoms with van der Waals surface area (Å²) in [5.41, 5.74) is 5.59. The minimum Gasteiger partial charge on any atom is -0.368 e. The molecule has 33 heavy (non-hydrogen) atoms. The normalized spacial score (nSPS) is 15.5. The summed E-state index contributed by atoms with van der Waals surface area (Å²) < 4.78 is 30.6. The Morgan fingerprint density at radius 2 is 1.97 bits per heavy atom. The van der Waals surface area contributed by atoms with Crippen LogP contribution in [-0.2, 0) is 11.8 Å². The van der Waals surface area contributed by atoms with Crippen molar-refractivity contribution in [1.82, 2.24) is 20.1 Å². The number of aryl methyl sites for hydroxylation is 1. The van der Waals surface area contributed by atoms with Gasteiger partial charge in [-0.1, -0.05) is 0 Å². The van der Waals surface area contributed by atoms with Crippen molar-refractivity contribution in [2.75, 3.05) is 30.4 Å². The van der Waals surface area contributed by atoms with Gasteiger partial charge in [-0.3, -0.25) is 14.3 Å². The first kappa shape index (κ1) is 22.8. The summed E-state index contributed by atoms with van der Waals surface area (Å²) in [7, 11) is 3.42. The van der Waals surface area contributed by atoms with Crippen LogP contribution in [0.2, 0.25) is 0 Å². The maximum absolute atomic E-state index is 14.9. The van der Waals surface area contributed by atoms with Crippen LogP contribution in [0.4, 0.5) is 20.2 Å². The Balaban J connectivity index is 1.57. The molecule has 0 saturated carbocycles. The summed E-state index contributed by atoms with van der Waals surface area (Å²) in [5.74, 6) is -3.15. The predicted octanol–water partition coefficient (Wildman–Crippen LogP) is 2.12. The van der Waals surface area contributed by atoms with E-state index in [-0.39, 0.29) is 30.2 Å². The quantitative estimate of drug-likeness (QED) is 0.503. The topological polar surface area (TPSA) is 118 Å². The molecule has 1 aliphatic rings. The Bertz CT molecular complexity index is 1200. The average Bonchev–Trinajstić information content (AvgIpc) is 3.46. The van der Waals surface area contributed by atoms with Crippen molar-refractivity contribution in [2.24, 2.45) is 12.8 Å². The minimum atomic E-state index is -1.07. The molecule has 0 unspecified atom stereocenters. The van der Waals surface area contributed by atoms with E-state index in [0.717, 1.165) is 11.6 Å². The van der Waals surface area contributed by atoms with Crippen LogP contribution < -0.4 is 21.3 Å². The monoisotopic (exact) mass is 475 g/mol. The number of carbonyl (C=O) groups excluding carboxylic acids is 2. The lowest BCUT2D eigenvalue weighted by Crippen LogP contribution is -2.60. The van der Waals surface area contributed by atoms with Crippen LogP contribution in [0.5, 0.6) is 0 Å². The Morgan fingerprint density at radius 1 is 1.24 bits per heavy atom. The maximum atomic E-state index is 14.9. The van der Waals surface area contributed by atoms with E-state index in [9.17, 15) is 18.4 Å². The van der Waals surface area contributed by atoms with E-state index >= 15 is 0 Å². The second-order valence-electron chi connectivity index (χ2n) is 7.84. The van der Waals surface area contributed by atoms with Gasteiger partial charge < -0.3 is 21.3 Å². The van der Waals surface area contributed by atoms with Crippen molar-refractivity contribution in [1.29, 1.82) is 0 Å². The van der Waals surface area contributed by atoms with Gasteiger partial charge in [0.25, 0.3) is 5.91 Å². The highest BCUT2D eigenvalue weighted by atomic mass is 32.1. The van der Waals surface area contributed by atoms with Crippen molar-refractivity contribution in [3.63, 3.8) is 0 Å². The molecule has 1 aliphatic heterocycles. The zero-order chi connectivity index (χ0) is 23.8. The SMILES string of the molecule is CNC1(C(N)=O)CCN(c2c(NC(=O)c3csc(-c4cnn(C)c4)n3)ccc(F)c2F)CC1. The number of nitrogens with one attached hydrogen (secondary N) is 2. The van der Waals surface area contributed by atoms with E-state index in [1.54, 1.807) is 41.5 Å². The third kappa shape index (κ3) is 4.31. The molecule has 4 N–H and O–H groups in total. The molecule has 0 spiro atoms. The summed E-state index contributed by atoms with van der Waals surface area (Å²) in [5, 5.41) is 11.9. The van der Waals surface area contributed by atoms with Crippen LogP contribution in [0.15, 0.2) is 29.9 Å². The van der Waals surface area contributed by atoms with Gasteiger partial charge >= 0.3 is 0 Å². The molecule has 4 rings (SSSR count). The molecular weight excluding hydrogens is 452 g/mol. The first-order valence-electron chi connectivity index (χ1n) is 10.2. The summed E-state index contributed by atoms with van der Waals surface area (Å²) in [4.78, 5) is 30.7. The molecule has 2 aromatic heterocycles. The van der Waals surface area contributed by atoms with Crippen LogP contribution >= 0.6 is 11.3 Å². The largest absolute Gasteiger partial charge is 0.368 e. The highest BCUT2D eigenvalue weighted by Crippen LogP contribution is 2.35. The zero-order valence-electron chi connectivity index (χ0n) is 18.1. The van der Waals surface area contributed by atoms with E-state index in [2.05, 4.69) is 20.7 Å². The molecule has 3 heterocycles. The Kier molecular flexibility index (Phi) is 6.13. The van der Waals surface area contributed by atoms with Gasteiger partial charge in [-0.15, -0.1) is 11.3 Å². The standard InChI is InChI=1S/C21H23F2N7O2S/c1-25-21(20(24)32)5-7-30(8-6-21)17-14(4-3-13(22)16(17)23)27-18(31)15-11-33-19(28-15)12-9-26-29(2)10-12/h3-4,9-11,25H,5-8H2,1-2H3,(H2,24,32)(H,27,31). The van der Waals surface area contributed by atoms with Crippen molar-refractivity contribution < 1.29 is 18.4 Å². The molecule has 1 fully saturated rings. The molecule has 2 amide bonds. The molecule has 9 nitrogen and oxygen atoms in total. The fourth-order valence-electron chi connectivity index (χ4n) is 3.91. The number of hydrogen-bond acceptors (Lipinski definition) is 7. The summed E-state index contributed by atoms with van der Waals surface area (Å²) >= 11 is 1.28. The van der Waals surface area contributed by atoms with Gasteiger partial charge in [0, 0.05) is 37.3 Å². The van der Waals surface area contributed by atoms with E-state index in [0.29, 0.717) is 17.8 Å². The van der Waals surface area contributed by atoms with Crippen LogP contribution in [-0.4, -0.2) is 52.3 Å². The van der Waals surface area contributed by atoms with Crippen molar-refractivity contribution in [3.8, 4) is 10.6 Å². The molecule has 0 radical (unpaired) electrons. The van der Waals surface area contributed by atoms with E-state index in [1.807, 2.05) is 0 Å². The molecule has 0 aliphatic carbocycles. The smallest absolute Gasteiger partial charge is 0.275 e. The van der Waals surface area contributed by atoms with Gasteiger partial charge in [0.15, 0.2) is 11.6 Å². The highest BCUT2D eigenvalue weighted by Gasteiger charge is 2.39. The van der Waals surface area contributed by atoms with Crippen LogP contribution in [0.25, 0.3) is 10.6 Å². The Hall–Kier alpha value is -3.38. The third-order valence-electron chi connectivity index (χ3n) is 5.89. The number of carbonyl (C=O) groups is 2. The number of anilines is 2. The number of aromatic nitrogens is 3. The summed E-state index contributed by atoms with van der Waals surface area (Å²) in [6.07, 6.45) is 4.04. The number of amides is 2. The Labute approximate surface area is 192 Å². The lowest BCUT2D eigenvalue weighted by atomic mass is 9.86. The highest BCUT2D eigenvalue weighted by molar-refractivity contribution is 7.13. The fraction of sp³-hybridized carbons (Fsp3) is 0.333. The van der Waals surface area contributed by atoms with E-state index in [4.69, 9.17) is 5.73 Å². The third-order valence-corrected chi connectivity index (χ3v) is 6.78. The fourth-order valence-corrected chi connectivity index (χ4v) is 4.69. The number of likely N-dealkylation sites (N-methyl/N-ethyl adjacent to an activating group) is 1. The number of rotatable bonds is 6. The molecule has 1 saturated heterocycles. The Morgan fingerprint density at radius 3 is 2.58 bits per heavy atom. The van der Waals surface area contributed by atoms with Gasteiger partial charge in [-0.05, 0) is 32.0 Å². The van der Waals surface area contributed by atoms with Crippen molar-refractivity contribution in [3.05, 3.63) is 47.2 Å². The molecular formula is C21H23F2N7O2S. The van der Waals surface area contributed by atoms with Gasteiger partial charge in [-0.2, -0.15) is 5.10 Å². The second-order valence-corrected chi connectivity index (χ2v) is 8.69. The number of halogens is 2. The number of benzene rings is 1. The number of thiazole rings is 1. The van der Waals surface area contributed by atoms with Gasteiger partial charge in [0.05, 0.1) is 17.6 Å². The van der Waals surface area contributed by atoms with Crippen LogP contribution in [0.3, 0.4) is 0 Å². The molecule has 1 aromatic carbocycles. The minimum absolute atomic E-state index is 0.0692. The number of primary amides is 1. The maximum Gasteiger partial charge on any atom is 0.275 e. The lowest BCUT2D eigenvalue weighted by Gasteiger charge is -2.41. The second kappa shape index (κ2) is 8.87. The van der Waals surface area contributed by atoms with Crippen LogP contribution in [0, 0.1) is 11.6 Å². The number of piperidine rings is 1. The summed E-state index contributed by atoms with van der Waals surface area (Å²) in [6, 6.07) is 2.27. The average molecular weight is 476 g/mol. The van der Waals surface area contributed by atoms with Crippen LogP contribution in [0.1, 0.15) is 23.3 Å².